The minimum absolute atomic E-state index is 0.398. The molecule has 0 spiro atoms. The van der Waals surface area contributed by atoms with E-state index in [2.05, 4.69) is 34.2 Å². The van der Waals surface area contributed by atoms with Crippen LogP contribution in [0.1, 0.15) is 19.5 Å². The largest absolute Gasteiger partial charge is 0.443 e. The summed E-state index contributed by atoms with van der Waals surface area (Å²) in [5.74, 6) is 0.746. The first kappa shape index (κ1) is 11.9. The van der Waals surface area contributed by atoms with Gasteiger partial charge in [-0.25, -0.2) is 9.50 Å². The van der Waals surface area contributed by atoms with Crippen LogP contribution in [0.5, 0.6) is 0 Å². The van der Waals surface area contributed by atoms with Crippen LogP contribution in [-0.2, 0) is 6.54 Å². The van der Waals surface area contributed by atoms with Crippen LogP contribution in [0.3, 0.4) is 0 Å². The average molecular weight is 257 g/mol. The molecule has 1 N–H and O–H groups in total. The lowest BCUT2D eigenvalue weighted by atomic mass is 10.2. The second-order valence-electron chi connectivity index (χ2n) is 4.63. The van der Waals surface area contributed by atoms with Crippen LogP contribution in [0.25, 0.3) is 16.8 Å². The smallest absolute Gasteiger partial charge is 0.181 e. The zero-order valence-electron chi connectivity index (χ0n) is 10.9. The van der Waals surface area contributed by atoms with Crippen LogP contribution in [-0.4, -0.2) is 25.6 Å². The zero-order valence-corrected chi connectivity index (χ0v) is 10.9. The summed E-state index contributed by atoms with van der Waals surface area (Å²) in [4.78, 5) is 8.39. The molecule has 0 amide bonds. The molecule has 0 unspecified atom stereocenters. The third-order valence-electron chi connectivity index (χ3n) is 2.89. The molecule has 6 nitrogen and oxygen atoms in total. The van der Waals surface area contributed by atoms with Crippen LogP contribution in [0.2, 0.25) is 0 Å². The normalized spacial score (nSPS) is 11.5. The Morgan fingerprint density at radius 3 is 3.11 bits per heavy atom. The van der Waals surface area contributed by atoms with Crippen LogP contribution < -0.4 is 5.32 Å². The van der Waals surface area contributed by atoms with E-state index in [0.717, 1.165) is 22.5 Å². The van der Waals surface area contributed by atoms with Gasteiger partial charge >= 0.3 is 0 Å². The van der Waals surface area contributed by atoms with Crippen molar-refractivity contribution in [1.29, 1.82) is 0 Å². The molecular weight excluding hydrogens is 242 g/mol. The molecule has 0 saturated heterocycles. The van der Waals surface area contributed by atoms with E-state index in [-0.39, 0.29) is 0 Å². The Balaban J connectivity index is 2.00. The van der Waals surface area contributed by atoms with Gasteiger partial charge < -0.3 is 9.73 Å². The Kier molecular flexibility index (Phi) is 3.00. The molecule has 0 bridgehead atoms. The molecule has 3 rings (SSSR count). The highest BCUT2D eigenvalue weighted by molar-refractivity contribution is 5.77. The van der Waals surface area contributed by atoms with Crippen LogP contribution in [0.4, 0.5) is 0 Å². The van der Waals surface area contributed by atoms with E-state index in [0.29, 0.717) is 12.6 Å². The summed E-state index contributed by atoms with van der Waals surface area (Å²) in [5.41, 5.74) is 2.70. The number of nitrogens with one attached hydrogen (secondary N) is 1. The van der Waals surface area contributed by atoms with Gasteiger partial charge in [0.05, 0.1) is 23.5 Å². The Morgan fingerprint density at radius 2 is 2.26 bits per heavy atom. The predicted octanol–water partition coefficient (Wildman–Crippen LogP) is 1.88. The third-order valence-corrected chi connectivity index (χ3v) is 2.89. The van der Waals surface area contributed by atoms with Crippen LogP contribution >= 0.6 is 0 Å². The molecule has 0 aromatic carbocycles. The van der Waals surface area contributed by atoms with E-state index in [9.17, 15) is 0 Å². The Bertz CT molecular complexity index is 685. The minimum Gasteiger partial charge on any atom is -0.443 e. The second-order valence-corrected chi connectivity index (χ2v) is 4.63. The van der Waals surface area contributed by atoms with E-state index >= 15 is 0 Å². The van der Waals surface area contributed by atoms with Gasteiger partial charge in [-0.2, -0.15) is 5.10 Å². The van der Waals surface area contributed by atoms with Crippen molar-refractivity contribution >= 4 is 5.52 Å². The summed E-state index contributed by atoms with van der Waals surface area (Å²) in [6.45, 7) is 4.86. The second kappa shape index (κ2) is 4.81. The van der Waals surface area contributed by atoms with E-state index in [1.165, 1.54) is 6.39 Å². The maximum Gasteiger partial charge on any atom is 0.181 e. The number of nitrogens with zero attached hydrogens (tertiary/aromatic N) is 4. The van der Waals surface area contributed by atoms with Gasteiger partial charge in [-0.15, -0.1) is 0 Å². The lowest BCUT2D eigenvalue weighted by molar-refractivity contribution is 0.563. The molecule has 6 heteroatoms. The fourth-order valence-corrected chi connectivity index (χ4v) is 1.92. The molecule has 0 fully saturated rings. The maximum atomic E-state index is 5.52. The molecule has 0 aliphatic rings. The molecule has 0 aliphatic carbocycles. The van der Waals surface area contributed by atoms with Gasteiger partial charge in [-0.3, -0.25) is 4.98 Å². The number of fused-ring (bicyclic) bond motifs is 1. The molecule has 98 valence electrons. The summed E-state index contributed by atoms with van der Waals surface area (Å²) in [7, 11) is 0. The lowest BCUT2D eigenvalue weighted by Crippen LogP contribution is -2.22. The summed E-state index contributed by atoms with van der Waals surface area (Å²) >= 11 is 0. The van der Waals surface area contributed by atoms with E-state index in [1.54, 1.807) is 29.3 Å². The number of aromatic nitrogens is 4. The highest BCUT2D eigenvalue weighted by atomic mass is 16.3. The van der Waals surface area contributed by atoms with E-state index in [4.69, 9.17) is 4.42 Å². The Labute approximate surface area is 110 Å². The minimum atomic E-state index is 0.398. The SMILES string of the molecule is CC(C)NCc1ncoc1-c1cnn2ccncc12. The molecule has 3 heterocycles. The molecular formula is C13H15N5O. The number of hydrogen-bond donors (Lipinski definition) is 1. The van der Waals surface area contributed by atoms with E-state index < -0.39 is 0 Å². The zero-order chi connectivity index (χ0) is 13.2. The number of rotatable bonds is 4. The van der Waals surface area contributed by atoms with Crippen molar-refractivity contribution in [2.75, 3.05) is 0 Å². The van der Waals surface area contributed by atoms with Gasteiger partial charge in [0, 0.05) is 25.0 Å². The Morgan fingerprint density at radius 1 is 1.37 bits per heavy atom. The monoisotopic (exact) mass is 257 g/mol. The molecule has 0 radical (unpaired) electrons. The van der Waals surface area contributed by atoms with Gasteiger partial charge in [0.2, 0.25) is 0 Å². The van der Waals surface area contributed by atoms with Crippen molar-refractivity contribution in [3.05, 3.63) is 36.9 Å². The van der Waals surface area contributed by atoms with Crippen LogP contribution in [0, 0.1) is 0 Å². The Hall–Kier alpha value is -2.21. The van der Waals surface area contributed by atoms with Gasteiger partial charge in [0.25, 0.3) is 0 Å². The molecule has 3 aromatic rings. The fraction of sp³-hybridized carbons (Fsp3) is 0.308. The average Bonchev–Trinajstić information content (AvgIpc) is 3.02. The van der Waals surface area contributed by atoms with Crippen molar-refractivity contribution in [2.45, 2.75) is 26.4 Å². The van der Waals surface area contributed by atoms with Crippen molar-refractivity contribution < 1.29 is 4.42 Å². The number of oxazole rings is 1. The summed E-state index contributed by atoms with van der Waals surface area (Å²) in [6.07, 6.45) is 8.51. The molecule has 0 atom stereocenters. The van der Waals surface area contributed by atoms with Gasteiger partial charge in [-0.1, -0.05) is 13.8 Å². The molecule has 3 aromatic heterocycles. The lowest BCUT2D eigenvalue weighted by Gasteiger charge is -2.06. The summed E-state index contributed by atoms with van der Waals surface area (Å²) in [6, 6.07) is 0.398. The molecule has 0 saturated carbocycles. The first-order valence-corrected chi connectivity index (χ1v) is 6.19. The maximum absolute atomic E-state index is 5.52. The topological polar surface area (TPSA) is 68.2 Å². The summed E-state index contributed by atoms with van der Waals surface area (Å²) < 4.78 is 7.29. The fourth-order valence-electron chi connectivity index (χ4n) is 1.92. The van der Waals surface area contributed by atoms with Crippen LogP contribution in [0.15, 0.2) is 35.6 Å². The first-order chi connectivity index (χ1) is 9.25. The van der Waals surface area contributed by atoms with Crippen molar-refractivity contribution in [1.82, 2.24) is 24.9 Å². The standard InChI is InChI=1S/C13H15N5O/c1-9(2)15-6-11-13(19-8-16-11)10-5-17-18-4-3-14-7-12(10)18/h3-5,7-9,15H,6H2,1-2H3. The molecule has 0 aliphatic heterocycles. The number of hydrogen-bond acceptors (Lipinski definition) is 5. The first-order valence-electron chi connectivity index (χ1n) is 6.19. The van der Waals surface area contributed by atoms with Gasteiger partial charge in [-0.05, 0) is 0 Å². The van der Waals surface area contributed by atoms with Crippen molar-refractivity contribution in [3.63, 3.8) is 0 Å². The highest BCUT2D eigenvalue weighted by Gasteiger charge is 2.15. The summed E-state index contributed by atoms with van der Waals surface area (Å²) in [5, 5.41) is 7.61. The van der Waals surface area contributed by atoms with Crippen molar-refractivity contribution in [3.8, 4) is 11.3 Å². The predicted molar refractivity (Wildman–Crippen MR) is 70.5 cm³/mol. The van der Waals surface area contributed by atoms with Gasteiger partial charge in [0.1, 0.15) is 5.69 Å². The van der Waals surface area contributed by atoms with E-state index in [1.807, 2.05) is 0 Å². The third kappa shape index (κ3) is 2.22. The quantitative estimate of drug-likeness (QED) is 0.773. The van der Waals surface area contributed by atoms with Gasteiger partial charge in [0.15, 0.2) is 12.2 Å². The highest BCUT2D eigenvalue weighted by Crippen LogP contribution is 2.26. The molecule has 19 heavy (non-hydrogen) atoms. The van der Waals surface area contributed by atoms with Crippen molar-refractivity contribution in [2.24, 2.45) is 0 Å².